The first-order chi connectivity index (χ1) is 63.4. The number of hydrogen-bond donors (Lipinski definition) is 0. The van der Waals surface area contributed by atoms with E-state index in [1.165, 1.54) is 38.7 Å². The summed E-state index contributed by atoms with van der Waals surface area (Å²) in [5, 5.41) is 10.8. The number of benzene rings is 10. The average Bonchev–Trinajstić information content (AvgIpc) is 1.59. The number of aromatic nitrogens is 11. The van der Waals surface area contributed by atoms with Gasteiger partial charge in [-0.25, -0.2) is 14.4 Å². The van der Waals surface area contributed by atoms with E-state index in [4.69, 9.17) is 28.2 Å². The standard InChI is InChI=1S/2C19H17N2.C17H19N2.C13H9NO2.2C12H6NO2.2C11H8N.6Ir/c1-19(2,3)17-12-13-8-4-5-9-14(13)18-20-15-10-6-7-11-16(15)21(17)18;1-19(2,3)14-8-9-16-17(12-14)21-11-10-13-6-4-5-7-15(13)18(21)20-16;1-11-12(2)19-10-15(17(3,4)5)13-8-6-7-9-14(13)16(19)18-11;1-8-4-2-6-10-11(8)12-9(13(15)16-10)5-3-7-14-12;2*14-12-9-5-3-7-13-11(9)8-4-1-2-6-10(8)15-12;2*1-2-6-10(7-3-1)11-8-4-5-9-12-11;;;;;;/h4-8,10-12H,1-3H3;4-6,8-12H,1-3H3;6-8,10H,1-5H3;2-7H,1H3;2*1-3,5-7H;2*1-6,8-9H;;;;;;/q3*-1;;4*-1;;;;;;. The average molecular weight is 2860 g/mol. The Morgan fingerprint density at radius 2 is 0.781 bits per heavy atom. The molecule has 17 nitrogen and oxygen atoms in total. The van der Waals surface area contributed by atoms with Crippen molar-refractivity contribution in [2.75, 3.05) is 0 Å². The van der Waals surface area contributed by atoms with Gasteiger partial charge in [0.1, 0.15) is 5.58 Å². The molecule has 0 amide bonds. The van der Waals surface area contributed by atoms with Gasteiger partial charge in [0.2, 0.25) is 0 Å². The molecule has 14 heterocycles. The Morgan fingerprint density at radius 3 is 1.32 bits per heavy atom. The van der Waals surface area contributed by atoms with Gasteiger partial charge in [0.15, 0.2) is 0 Å². The number of fused-ring (bicyclic) bond motifs is 22. The number of hydrogen-bond acceptors (Lipinski definition) is 14. The van der Waals surface area contributed by atoms with Crippen LogP contribution in [0.2, 0.25) is 0 Å². The number of aryl methyl sites for hydroxylation is 3. The Kier molecular flexibility index (Phi) is 35.4. The normalized spacial score (nSPS) is 10.9. The zero-order valence-corrected chi connectivity index (χ0v) is 90.9. The van der Waals surface area contributed by atoms with Crippen LogP contribution in [0, 0.1) is 63.2 Å². The van der Waals surface area contributed by atoms with Gasteiger partial charge in [-0.05, 0) is 133 Å². The maximum absolute atomic E-state index is 11.7. The van der Waals surface area contributed by atoms with E-state index in [-0.39, 0.29) is 154 Å². The van der Waals surface area contributed by atoms with E-state index >= 15 is 0 Å². The van der Waals surface area contributed by atoms with Crippen molar-refractivity contribution in [1.82, 2.24) is 53.1 Å². The molecular formula is C114H90Ir6N11O6-7. The van der Waals surface area contributed by atoms with E-state index in [9.17, 15) is 14.4 Å². The first kappa shape index (κ1) is 105. The molecule has 24 aromatic rings. The van der Waals surface area contributed by atoms with Gasteiger partial charge in [-0.1, -0.05) is 163 Å². The van der Waals surface area contributed by atoms with Crippen LogP contribution in [0.5, 0.6) is 0 Å². The van der Waals surface area contributed by atoms with Crippen LogP contribution in [-0.2, 0) is 137 Å². The zero-order chi connectivity index (χ0) is 91.1. The maximum Gasteiger partial charge on any atom is 0.345 e. The third kappa shape index (κ3) is 23.2. The molecule has 0 N–H and O–H groups in total. The van der Waals surface area contributed by atoms with Crippen LogP contribution >= 0.6 is 0 Å². The van der Waals surface area contributed by atoms with Crippen molar-refractivity contribution in [3.8, 4) is 22.5 Å². The molecule has 0 aliphatic heterocycles. The Hall–Kier alpha value is -12.4. The topological polar surface area (TPSA) is 207 Å². The third-order valence-corrected chi connectivity index (χ3v) is 22.4. The summed E-state index contributed by atoms with van der Waals surface area (Å²) in [6, 6.07) is 114. The second kappa shape index (κ2) is 46.2. The molecular weight excluding hydrogens is 2770 g/mol. The fourth-order valence-electron chi connectivity index (χ4n) is 15.7. The van der Waals surface area contributed by atoms with E-state index in [0.717, 1.165) is 105 Å². The van der Waals surface area contributed by atoms with E-state index < -0.39 is 0 Å². The van der Waals surface area contributed by atoms with Gasteiger partial charge in [0.25, 0.3) is 0 Å². The fourth-order valence-corrected chi connectivity index (χ4v) is 15.7. The van der Waals surface area contributed by atoms with Gasteiger partial charge >= 0.3 is 16.9 Å². The number of para-hydroxylation sites is 2. The van der Waals surface area contributed by atoms with Crippen LogP contribution in [0.4, 0.5) is 0 Å². The van der Waals surface area contributed by atoms with Crippen LogP contribution in [0.3, 0.4) is 0 Å². The number of nitrogens with zero attached hydrogens (tertiary/aromatic N) is 11. The molecule has 0 atom stereocenters. The predicted octanol–water partition coefficient (Wildman–Crippen LogP) is 25.7. The van der Waals surface area contributed by atoms with Crippen LogP contribution in [0.15, 0.2) is 356 Å². The van der Waals surface area contributed by atoms with Crippen molar-refractivity contribution in [2.45, 2.75) is 99.3 Å². The van der Waals surface area contributed by atoms with Crippen molar-refractivity contribution in [3.05, 3.63) is 436 Å². The molecule has 0 saturated heterocycles. The van der Waals surface area contributed by atoms with Crippen molar-refractivity contribution in [2.24, 2.45) is 0 Å². The molecule has 10 aromatic carbocycles. The van der Waals surface area contributed by atoms with Crippen molar-refractivity contribution < 1.29 is 134 Å². The molecule has 0 aliphatic carbocycles. The minimum Gasteiger partial charge on any atom is -0.472 e. The predicted molar refractivity (Wildman–Crippen MR) is 528 cm³/mol. The van der Waals surface area contributed by atoms with Crippen LogP contribution in [0.25, 0.3) is 159 Å². The Morgan fingerprint density at radius 1 is 0.328 bits per heavy atom. The van der Waals surface area contributed by atoms with Gasteiger partial charge in [0, 0.05) is 212 Å². The van der Waals surface area contributed by atoms with Crippen LogP contribution < -0.4 is 16.9 Å². The summed E-state index contributed by atoms with van der Waals surface area (Å²) in [5.74, 6) is 0. The molecule has 0 saturated carbocycles. The molecule has 0 fully saturated rings. The number of pyridine rings is 8. The molecule has 14 aromatic heterocycles. The van der Waals surface area contributed by atoms with E-state index in [0.29, 0.717) is 49.5 Å². The summed E-state index contributed by atoms with van der Waals surface area (Å²) in [5.41, 5.74) is 21.6. The minimum absolute atomic E-state index is 0. The molecule has 0 unspecified atom stereocenters. The minimum atomic E-state index is -0.356. The van der Waals surface area contributed by atoms with Crippen LogP contribution in [0.1, 0.15) is 96.1 Å². The van der Waals surface area contributed by atoms with Crippen molar-refractivity contribution >= 4 is 137 Å². The fraction of sp³-hybridized carbons (Fsp3) is 0.132. The summed E-state index contributed by atoms with van der Waals surface area (Å²) in [6.07, 6.45) is 12.9. The monoisotopic (exact) mass is 2870 g/mol. The molecule has 137 heavy (non-hydrogen) atoms. The molecule has 24 rings (SSSR count). The van der Waals surface area contributed by atoms with Gasteiger partial charge in [-0.2, -0.15) is 0 Å². The SMILES string of the molecule is CC(C)(C)c1cc2ccc[c-]c2c2nc3ccccc3n12.CC(C)(C)c1ccc2nc3c4[c-]cccc4ccn3c2c1.Cc1cccc2oc(=O)c3cccnc3c12.Cc1nc2c3[c-]cccc3c(C(C)(C)C)cn2c1C.O=c1oc2ccc[c-]c2c2ncccc12.O=c1oc2ccc[c-]c2c2ncccc12.[Ir].[Ir].[Ir].[Ir].[Ir].[Ir].[c-]1ccccc1-c1ccccn1.[c-]1ccccc1-c1ccccn1. The van der Waals surface area contributed by atoms with Crippen molar-refractivity contribution in [3.63, 3.8) is 0 Å². The van der Waals surface area contributed by atoms with Crippen molar-refractivity contribution in [1.29, 1.82) is 0 Å². The second-order valence-electron chi connectivity index (χ2n) is 34.5. The summed E-state index contributed by atoms with van der Waals surface area (Å²) in [4.78, 5) is 70.2. The van der Waals surface area contributed by atoms with Crippen LogP contribution in [-0.4, -0.2) is 53.1 Å². The molecule has 0 aliphatic rings. The number of imidazole rings is 3. The molecule has 6 radical (unpaired) electrons. The van der Waals surface area contributed by atoms with E-state index in [2.05, 4.69) is 242 Å². The summed E-state index contributed by atoms with van der Waals surface area (Å²) >= 11 is 0. The first-order valence-electron chi connectivity index (χ1n) is 43.0. The Bertz CT molecular complexity index is 8240. The maximum atomic E-state index is 11.7. The Labute approximate surface area is 873 Å². The molecule has 0 bridgehead atoms. The van der Waals surface area contributed by atoms with Gasteiger partial charge < -0.3 is 46.4 Å². The van der Waals surface area contributed by atoms with Gasteiger partial charge in [0.05, 0.1) is 49.9 Å². The smallest absolute Gasteiger partial charge is 0.345 e. The quantitative estimate of drug-likeness (QED) is 0.0897. The van der Waals surface area contributed by atoms with E-state index in [1.54, 1.807) is 110 Å². The summed E-state index contributed by atoms with van der Waals surface area (Å²) < 4.78 is 22.2. The largest absolute Gasteiger partial charge is 0.472 e. The number of rotatable bonds is 2. The van der Waals surface area contributed by atoms with E-state index in [1.807, 2.05) is 140 Å². The summed E-state index contributed by atoms with van der Waals surface area (Å²) in [6.45, 7) is 26.4. The zero-order valence-electron chi connectivity index (χ0n) is 76.5. The third-order valence-electron chi connectivity index (χ3n) is 22.4. The molecule has 23 heteroatoms. The van der Waals surface area contributed by atoms with Gasteiger partial charge in [-0.15, -0.1) is 220 Å². The first-order valence-corrected chi connectivity index (χ1v) is 43.0. The van der Waals surface area contributed by atoms with Gasteiger partial charge in [-0.3, -0.25) is 19.9 Å². The molecule has 0 spiro atoms. The second-order valence-corrected chi connectivity index (χ2v) is 34.5. The summed E-state index contributed by atoms with van der Waals surface area (Å²) in [7, 11) is 0. The Balaban J connectivity index is 0.000000150. The molecule has 698 valence electrons.